The molecule has 1 saturated heterocycles. The van der Waals surface area contributed by atoms with Gasteiger partial charge in [0.2, 0.25) is 6.61 Å². The summed E-state index contributed by atoms with van der Waals surface area (Å²) in [5, 5.41) is 25.5. The van der Waals surface area contributed by atoms with Crippen LogP contribution in [0.2, 0.25) is 0 Å². The number of carboxylic acid groups (broad SMARTS) is 2. The van der Waals surface area contributed by atoms with E-state index in [9.17, 15) is 24.3 Å². The topological polar surface area (TPSA) is 185 Å². The number of carbonyl (C=O) groups is 4. The predicted molar refractivity (Wildman–Crippen MR) is 139 cm³/mol. The van der Waals surface area contributed by atoms with E-state index < -0.39 is 41.8 Å². The number of hydrogen-bond acceptors (Lipinski definition) is 10. The first-order chi connectivity index (χ1) is 18.3. The molecule has 0 bridgehead atoms. The second kappa shape index (κ2) is 11.6. The van der Waals surface area contributed by atoms with Crippen LogP contribution in [0.4, 0.5) is 5.13 Å². The lowest BCUT2D eigenvalue weighted by molar-refractivity contribution is -0.150. The number of aliphatic carboxylic acids is 2. The van der Waals surface area contributed by atoms with E-state index in [0.717, 1.165) is 21.8 Å². The molecule has 4 rings (SSSR count). The maximum atomic E-state index is 12.9. The fourth-order valence-electron chi connectivity index (χ4n) is 3.52. The highest BCUT2D eigenvalue weighted by Crippen LogP contribution is 2.40. The molecule has 3 heterocycles. The lowest BCUT2D eigenvalue weighted by Crippen LogP contribution is -2.71. The zero-order valence-electron chi connectivity index (χ0n) is 19.4. The van der Waals surface area contributed by atoms with Crippen LogP contribution in [0.3, 0.4) is 0 Å². The van der Waals surface area contributed by atoms with Gasteiger partial charge < -0.3 is 26.1 Å². The van der Waals surface area contributed by atoms with Crippen molar-refractivity contribution in [2.24, 2.45) is 5.16 Å². The summed E-state index contributed by atoms with van der Waals surface area (Å²) < 4.78 is 0. The molecule has 0 spiro atoms. The van der Waals surface area contributed by atoms with Crippen molar-refractivity contribution in [3.63, 3.8) is 0 Å². The SMILES string of the molecule is Nc1nc(C(=NOCC(=O)O)C(=O)N[C@@H]2C(=O)N3C(C(=O)O)=C(C=CC#Cc4ccccc4)CS[C@H]23)cs1. The standard InChI is InChI=1S/C24H19N5O7S2/c25-24-26-15(12-38-24)17(28-36-10-16(30)31)20(32)27-18-21(33)29-19(23(34)35)14(11-37-22(18)29)9-5-4-8-13-6-2-1-3-7-13/h1-3,5-7,9,12,18,22H,10-11H2,(H2,25,26)(H,27,32)(H,30,31)(H,34,35)/t18-,22-/m1/s1. The number of nitrogens with two attached hydrogens (primary N) is 1. The number of nitrogen functional groups attached to an aromatic ring is 1. The normalized spacial score (nSPS) is 18.8. The number of nitrogens with zero attached hydrogens (tertiary/aromatic N) is 3. The molecule has 2 atom stereocenters. The van der Waals surface area contributed by atoms with Gasteiger partial charge in [-0.25, -0.2) is 14.6 Å². The second-order valence-electron chi connectivity index (χ2n) is 7.69. The van der Waals surface area contributed by atoms with E-state index in [1.807, 2.05) is 30.3 Å². The molecule has 2 aliphatic rings. The van der Waals surface area contributed by atoms with Gasteiger partial charge in [-0.15, -0.1) is 23.1 Å². The number of aromatic nitrogens is 1. The van der Waals surface area contributed by atoms with Crippen molar-refractivity contribution in [2.75, 3.05) is 18.1 Å². The fraction of sp³-hybridized carbons (Fsp3) is 0.167. The number of hydrogen-bond donors (Lipinski definition) is 4. The molecule has 14 heteroatoms. The number of oxime groups is 1. The molecule has 2 aliphatic heterocycles. The van der Waals surface area contributed by atoms with Crippen LogP contribution in [-0.2, 0) is 24.0 Å². The molecule has 2 amide bonds. The lowest BCUT2D eigenvalue weighted by Gasteiger charge is -2.49. The first-order valence-corrected chi connectivity index (χ1v) is 12.8. The molecule has 5 N–H and O–H groups in total. The van der Waals surface area contributed by atoms with Crippen LogP contribution in [-0.4, -0.2) is 73.3 Å². The summed E-state index contributed by atoms with van der Waals surface area (Å²) in [5.74, 6) is 1.97. The monoisotopic (exact) mass is 553 g/mol. The van der Waals surface area contributed by atoms with Crippen molar-refractivity contribution >= 4 is 57.7 Å². The van der Waals surface area contributed by atoms with E-state index in [1.54, 1.807) is 6.08 Å². The van der Waals surface area contributed by atoms with Gasteiger partial charge in [0.25, 0.3) is 11.8 Å². The van der Waals surface area contributed by atoms with Crippen LogP contribution in [0.5, 0.6) is 0 Å². The van der Waals surface area contributed by atoms with Crippen LogP contribution >= 0.6 is 23.1 Å². The molecule has 0 unspecified atom stereocenters. The third kappa shape index (κ3) is 5.85. The van der Waals surface area contributed by atoms with Gasteiger partial charge in [-0.3, -0.25) is 14.5 Å². The second-order valence-corrected chi connectivity index (χ2v) is 9.68. The minimum atomic E-state index is -1.31. The largest absolute Gasteiger partial charge is 0.479 e. The summed E-state index contributed by atoms with van der Waals surface area (Å²) in [6, 6.07) is 8.21. The van der Waals surface area contributed by atoms with E-state index in [1.165, 1.54) is 23.2 Å². The van der Waals surface area contributed by atoms with Gasteiger partial charge in [0.05, 0.1) is 0 Å². The minimum Gasteiger partial charge on any atom is -0.479 e. The van der Waals surface area contributed by atoms with E-state index in [2.05, 4.69) is 27.3 Å². The number of amides is 2. The number of allylic oxidation sites excluding steroid dienone is 2. The maximum Gasteiger partial charge on any atom is 0.352 e. The third-order valence-electron chi connectivity index (χ3n) is 5.17. The van der Waals surface area contributed by atoms with Gasteiger partial charge in [0, 0.05) is 16.7 Å². The first kappa shape index (κ1) is 26.5. The summed E-state index contributed by atoms with van der Waals surface area (Å²) in [6.07, 6.45) is 3.08. The number of anilines is 1. The van der Waals surface area contributed by atoms with Crippen molar-refractivity contribution in [1.82, 2.24) is 15.2 Å². The number of carboxylic acids is 2. The smallest absolute Gasteiger partial charge is 0.352 e. The van der Waals surface area contributed by atoms with E-state index in [-0.39, 0.29) is 28.0 Å². The molecule has 1 aromatic heterocycles. The molecule has 0 saturated carbocycles. The number of thiazole rings is 1. The zero-order valence-corrected chi connectivity index (χ0v) is 21.0. The Morgan fingerprint density at radius 2 is 2.05 bits per heavy atom. The number of nitrogens with one attached hydrogen (secondary N) is 1. The van der Waals surface area contributed by atoms with Crippen LogP contribution in [0.1, 0.15) is 11.3 Å². The van der Waals surface area contributed by atoms with Crippen molar-refractivity contribution in [3.05, 3.63) is 70.4 Å². The lowest BCUT2D eigenvalue weighted by atomic mass is 10.0. The summed E-state index contributed by atoms with van der Waals surface area (Å²) in [5.41, 5.74) is 6.30. The average Bonchev–Trinajstić information content (AvgIpc) is 3.33. The van der Waals surface area contributed by atoms with Crippen LogP contribution in [0.25, 0.3) is 0 Å². The third-order valence-corrected chi connectivity index (χ3v) is 7.14. The number of carbonyl (C=O) groups excluding carboxylic acids is 2. The molecule has 38 heavy (non-hydrogen) atoms. The molecular formula is C24H19N5O7S2. The summed E-state index contributed by atoms with van der Waals surface area (Å²) in [6.45, 7) is -0.802. The van der Waals surface area contributed by atoms with Gasteiger partial charge >= 0.3 is 11.9 Å². The molecule has 2 aromatic rings. The Kier molecular flexibility index (Phi) is 8.09. The summed E-state index contributed by atoms with van der Waals surface area (Å²) >= 11 is 2.30. The average molecular weight is 554 g/mol. The highest BCUT2D eigenvalue weighted by molar-refractivity contribution is 8.00. The molecule has 12 nitrogen and oxygen atoms in total. The Balaban J connectivity index is 1.50. The van der Waals surface area contributed by atoms with Crippen molar-refractivity contribution in [1.29, 1.82) is 0 Å². The molecule has 1 fully saturated rings. The quantitative estimate of drug-likeness (QED) is 0.158. The molecule has 194 valence electrons. The van der Waals surface area contributed by atoms with E-state index in [0.29, 0.717) is 5.57 Å². The van der Waals surface area contributed by atoms with Gasteiger partial charge in [0.1, 0.15) is 22.8 Å². The van der Waals surface area contributed by atoms with Gasteiger partial charge in [0.15, 0.2) is 10.8 Å². The number of fused-ring (bicyclic) bond motifs is 1. The van der Waals surface area contributed by atoms with Crippen molar-refractivity contribution < 1.29 is 34.2 Å². The fourth-order valence-corrected chi connectivity index (χ4v) is 5.39. The highest BCUT2D eigenvalue weighted by atomic mass is 32.2. The number of β-lactam (4-membered cyclic amide) rings is 1. The number of benzene rings is 1. The van der Waals surface area contributed by atoms with Gasteiger partial charge in [-0.1, -0.05) is 35.2 Å². The Morgan fingerprint density at radius 3 is 2.71 bits per heavy atom. The Bertz CT molecular complexity index is 1440. The Morgan fingerprint density at radius 1 is 1.29 bits per heavy atom. The molecule has 1 aromatic carbocycles. The van der Waals surface area contributed by atoms with E-state index >= 15 is 0 Å². The Hall–Kier alpha value is -4.61. The van der Waals surface area contributed by atoms with Crippen molar-refractivity contribution in [3.8, 4) is 11.8 Å². The number of thioether (sulfide) groups is 1. The molecule has 0 radical (unpaired) electrons. The summed E-state index contributed by atoms with van der Waals surface area (Å²) in [4.78, 5) is 58.4. The van der Waals surface area contributed by atoms with Crippen LogP contribution in [0.15, 0.2) is 64.3 Å². The molecular weight excluding hydrogens is 534 g/mol. The minimum absolute atomic E-state index is 0.0328. The highest BCUT2D eigenvalue weighted by Gasteiger charge is 2.54. The zero-order chi connectivity index (χ0) is 27.2. The number of rotatable bonds is 8. The van der Waals surface area contributed by atoms with E-state index in [4.69, 9.17) is 15.7 Å². The first-order valence-electron chi connectivity index (χ1n) is 10.8. The predicted octanol–water partition coefficient (Wildman–Crippen LogP) is 0.877. The Labute approximate surface area is 223 Å². The summed E-state index contributed by atoms with van der Waals surface area (Å²) in [7, 11) is 0. The van der Waals surface area contributed by atoms with Gasteiger partial charge in [-0.05, 0) is 29.9 Å². The maximum absolute atomic E-state index is 12.9. The molecule has 0 aliphatic carbocycles. The van der Waals surface area contributed by atoms with Gasteiger partial charge in [-0.2, -0.15) is 0 Å². The van der Waals surface area contributed by atoms with Crippen LogP contribution < -0.4 is 11.1 Å². The van der Waals surface area contributed by atoms with Crippen molar-refractivity contribution in [2.45, 2.75) is 11.4 Å². The van der Waals surface area contributed by atoms with Crippen LogP contribution in [0, 0.1) is 11.8 Å².